The summed E-state index contributed by atoms with van der Waals surface area (Å²) in [5.41, 5.74) is 18.2. The number of aryl methyl sites for hydroxylation is 2. The van der Waals surface area contributed by atoms with Crippen molar-refractivity contribution >= 4 is 33.9 Å². The van der Waals surface area contributed by atoms with Crippen LogP contribution in [0.25, 0.3) is 27.9 Å². The number of amides is 1. The van der Waals surface area contributed by atoms with Crippen LogP contribution in [0.3, 0.4) is 0 Å². The SMILES string of the molecule is COc1ccc(C)c(-n2c(N)c(C(N)=O)c3nc4cccc(C)c4nc32)c1C. The molecule has 28 heavy (non-hydrogen) atoms. The standard InChI is InChI=1S/C21H21N5O2/c1-10-6-5-7-13-16(10)25-21-17(24-13)15(20(23)27)19(22)26(21)18-11(2)8-9-14(28-4)12(18)3/h5-9H,22H2,1-4H3,(H2,23,27). The Morgan fingerprint density at radius 1 is 1.04 bits per heavy atom. The van der Waals surface area contributed by atoms with Gasteiger partial charge in [-0.1, -0.05) is 18.2 Å². The van der Waals surface area contributed by atoms with Crippen LogP contribution in [-0.2, 0) is 0 Å². The maximum absolute atomic E-state index is 12.2. The van der Waals surface area contributed by atoms with E-state index in [-0.39, 0.29) is 11.4 Å². The number of nitrogens with two attached hydrogens (primary N) is 2. The molecule has 0 saturated heterocycles. The molecule has 7 nitrogen and oxygen atoms in total. The first-order valence-corrected chi connectivity index (χ1v) is 8.86. The molecule has 2 heterocycles. The molecular weight excluding hydrogens is 354 g/mol. The summed E-state index contributed by atoms with van der Waals surface area (Å²) in [7, 11) is 1.62. The number of ether oxygens (including phenoxy) is 1. The minimum absolute atomic E-state index is 0.174. The van der Waals surface area contributed by atoms with Crippen LogP contribution in [-0.4, -0.2) is 27.6 Å². The highest BCUT2D eigenvalue weighted by atomic mass is 16.5. The van der Waals surface area contributed by atoms with Crippen molar-refractivity contribution in [2.75, 3.05) is 12.8 Å². The molecule has 0 aliphatic rings. The summed E-state index contributed by atoms with van der Waals surface area (Å²) in [5, 5.41) is 0. The van der Waals surface area contributed by atoms with E-state index in [1.54, 1.807) is 11.7 Å². The summed E-state index contributed by atoms with van der Waals surface area (Å²) in [6, 6.07) is 9.57. The van der Waals surface area contributed by atoms with Crippen LogP contribution < -0.4 is 16.2 Å². The van der Waals surface area contributed by atoms with Crippen molar-refractivity contribution in [2.45, 2.75) is 20.8 Å². The third-order valence-corrected chi connectivity index (χ3v) is 5.10. The van der Waals surface area contributed by atoms with Gasteiger partial charge in [0.05, 0.1) is 23.8 Å². The average Bonchev–Trinajstić information content (AvgIpc) is 2.92. The number of nitrogen functional groups attached to an aromatic ring is 1. The number of benzene rings is 2. The number of nitrogens with zero attached hydrogens (tertiary/aromatic N) is 3. The Morgan fingerprint density at radius 2 is 1.79 bits per heavy atom. The number of fused-ring (bicyclic) bond motifs is 2. The maximum Gasteiger partial charge on any atom is 0.254 e. The number of para-hydroxylation sites is 1. The topological polar surface area (TPSA) is 109 Å². The Labute approximate surface area is 161 Å². The monoisotopic (exact) mass is 375 g/mol. The minimum atomic E-state index is -0.638. The third kappa shape index (κ3) is 2.40. The molecule has 2 aromatic carbocycles. The Morgan fingerprint density at radius 3 is 2.46 bits per heavy atom. The Balaban J connectivity index is 2.23. The van der Waals surface area contributed by atoms with Crippen molar-refractivity contribution in [1.29, 1.82) is 0 Å². The molecule has 0 spiro atoms. The van der Waals surface area contributed by atoms with E-state index in [1.165, 1.54) is 0 Å². The third-order valence-electron chi connectivity index (χ3n) is 5.10. The van der Waals surface area contributed by atoms with Crippen molar-refractivity contribution in [3.05, 3.63) is 52.6 Å². The van der Waals surface area contributed by atoms with Gasteiger partial charge in [-0.05, 0) is 44.0 Å². The van der Waals surface area contributed by atoms with Gasteiger partial charge < -0.3 is 16.2 Å². The lowest BCUT2D eigenvalue weighted by Crippen LogP contribution is -2.14. The summed E-state index contributed by atoms with van der Waals surface area (Å²) in [6.07, 6.45) is 0. The van der Waals surface area contributed by atoms with E-state index in [2.05, 4.69) is 4.98 Å². The lowest BCUT2D eigenvalue weighted by atomic mass is 10.1. The Hall–Kier alpha value is -3.61. The fourth-order valence-corrected chi connectivity index (χ4v) is 3.73. The molecule has 0 saturated carbocycles. The van der Waals surface area contributed by atoms with Crippen molar-refractivity contribution < 1.29 is 9.53 Å². The number of primary amides is 1. The molecule has 1 amide bonds. The molecule has 4 aromatic rings. The Bertz CT molecular complexity index is 1270. The number of hydrogen-bond donors (Lipinski definition) is 2. The first-order chi connectivity index (χ1) is 13.3. The van der Waals surface area contributed by atoms with Gasteiger partial charge in [0.2, 0.25) is 0 Å². The molecule has 0 bridgehead atoms. The summed E-state index contributed by atoms with van der Waals surface area (Å²) in [4.78, 5) is 21.7. The molecule has 7 heteroatoms. The zero-order valence-electron chi connectivity index (χ0n) is 16.2. The largest absolute Gasteiger partial charge is 0.496 e. The van der Waals surface area contributed by atoms with Gasteiger partial charge in [0.1, 0.15) is 22.6 Å². The molecule has 0 unspecified atom stereocenters. The zero-order chi connectivity index (χ0) is 20.2. The zero-order valence-corrected chi connectivity index (χ0v) is 16.2. The van der Waals surface area contributed by atoms with Gasteiger partial charge in [0.15, 0.2) is 5.65 Å². The number of rotatable bonds is 3. The molecule has 0 atom stereocenters. The molecule has 0 radical (unpaired) electrons. The molecule has 142 valence electrons. The highest BCUT2D eigenvalue weighted by molar-refractivity contribution is 6.10. The predicted octanol–water partition coefficient (Wildman–Crippen LogP) is 3.19. The van der Waals surface area contributed by atoms with Crippen LogP contribution in [0.4, 0.5) is 5.82 Å². The first kappa shape index (κ1) is 17.8. The normalized spacial score (nSPS) is 11.3. The van der Waals surface area contributed by atoms with Crippen molar-refractivity contribution in [1.82, 2.24) is 14.5 Å². The van der Waals surface area contributed by atoms with E-state index in [4.69, 9.17) is 21.2 Å². The smallest absolute Gasteiger partial charge is 0.254 e. The maximum atomic E-state index is 12.2. The van der Waals surface area contributed by atoms with Gasteiger partial charge >= 0.3 is 0 Å². The van der Waals surface area contributed by atoms with Crippen LogP contribution in [0.1, 0.15) is 27.0 Å². The fourth-order valence-electron chi connectivity index (χ4n) is 3.73. The van der Waals surface area contributed by atoms with Crippen molar-refractivity contribution in [3.63, 3.8) is 0 Å². The summed E-state index contributed by atoms with van der Waals surface area (Å²) in [6.45, 7) is 5.88. The second-order valence-electron chi connectivity index (χ2n) is 6.86. The highest BCUT2D eigenvalue weighted by Gasteiger charge is 2.25. The van der Waals surface area contributed by atoms with Crippen LogP contribution >= 0.6 is 0 Å². The number of carbonyl (C=O) groups excluding carboxylic acids is 1. The minimum Gasteiger partial charge on any atom is -0.496 e. The van der Waals surface area contributed by atoms with Gasteiger partial charge in [-0.3, -0.25) is 9.36 Å². The molecular formula is C21H21N5O2. The second-order valence-corrected chi connectivity index (χ2v) is 6.86. The fraction of sp³-hybridized carbons (Fsp3) is 0.190. The van der Waals surface area contributed by atoms with Crippen LogP contribution in [0, 0.1) is 20.8 Å². The molecule has 4 N–H and O–H groups in total. The highest BCUT2D eigenvalue weighted by Crippen LogP contribution is 2.36. The van der Waals surface area contributed by atoms with E-state index in [0.717, 1.165) is 27.9 Å². The quantitative estimate of drug-likeness (QED) is 0.571. The lowest BCUT2D eigenvalue weighted by Gasteiger charge is -2.16. The number of carbonyl (C=O) groups is 1. The van der Waals surface area contributed by atoms with Gasteiger partial charge in [0, 0.05) is 5.56 Å². The van der Waals surface area contributed by atoms with Crippen LogP contribution in [0.5, 0.6) is 5.75 Å². The second kappa shape index (κ2) is 6.23. The number of hydrogen-bond acceptors (Lipinski definition) is 5. The number of methoxy groups -OCH3 is 1. The van der Waals surface area contributed by atoms with Gasteiger partial charge in [0.25, 0.3) is 5.91 Å². The summed E-state index contributed by atoms with van der Waals surface area (Å²) < 4.78 is 7.23. The number of aromatic nitrogens is 3. The van der Waals surface area contributed by atoms with E-state index < -0.39 is 5.91 Å². The van der Waals surface area contributed by atoms with Crippen LogP contribution in [0.2, 0.25) is 0 Å². The molecule has 0 aliphatic heterocycles. The Kier molecular flexibility index (Phi) is 3.96. The van der Waals surface area contributed by atoms with Gasteiger partial charge in [-0.15, -0.1) is 0 Å². The van der Waals surface area contributed by atoms with E-state index in [0.29, 0.717) is 22.4 Å². The van der Waals surface area contributed by atoms with E-state index in [9.17, 15) is 4.79 Å². The molecule has 0 fully saturated rings. The average molecular weight is 375 g/mol. The summed E-state index contributed by atoms with van der Waals surface area (Å²) in [5.74, 6) is 0.295. The molecule has 4 rings (SSSR count). The van der Waals surface area contributed by atoms with E-state index in [1.807, 2.05) is 51.1 Å². The molecule has 2 aromatic heterocycles. The first-order valence-electron chi connectivity index (χ1n) is 8.86. The molecule has 0 aliphatic carbocycles. The number of anilines is 1. The predicted molar refractivity (Wildman–Crippen MR) is 110 cm³/mol. The lowest BCUT2D eigenvalue weighted by molar-refractivity contribution is 0.100. The van der Waals surface area contributed by atoms with Gasteiger partial charge in [-0.2, -0.15) is 0 Å². The van der Waals surface area contributed by atoms with Crippen molar-refractivity contribution in [2.24, 2.45) is 5.73 Å². The van der Waals surface area contributed by atoms with Crippen LogP contribution in [0.15, 0.2) is 30.3 Å². The van der Waals surface area contributed by atoms with E-state index >= 15 is 0 Å². The van der Waals surface area contributed by atoms with Crippen molar-refractivity contribution in [3.8, 4) is 11.4 Å². The summed E-state index contributed by atoms with van der Waals surface area (Å²) >= 11 is 0. The van der Waals surface area contributed by atoms with Gasteiger partial charge in [-0.25, -0.2) is 9.97 Å².